The largest absolute Gasteiger partial charge is 0.347 e. The highest BCUT2D eigenvalue weighted by molar-refractivity contribution is 6.35. The van der Waals surface area contributed by atoms with Crippen LogP contribution in [0.4, 0.5) is 0 Å². The Bertz CT molecular complexity index is 1450. The Balaban J connectivity index is 1.39. The van der Waals surface area contributed by atoms with Crippen LogP contribution in [0.15, 0.2) is 60.9 Å². The molecule has 2 aromatic heterocycles. The Kier molecular flexibility index (Phi) is 6.93. The molecule has 190 valence electrons. The minimum Gasteiger partial charge on any atom is -0.347 e. The number of carbonyl (C=O) groups excluding carboxylic acids is 2. The zero-order valence-corrected chi connectivity index (χ0v) is 21.8. The molecule has 1 aliphatic heterocycles. The number of halogens is 1. The maximum atomic E-state index is 13.6. The molecule has 0 radical (unpaired) electrons. The number of aromatic nitrogens is 4. The third-order valence-electron chi connectivity index (χ3n) is 6.94. The summed E-state index contributed by atoms with van der Waals surface area (Å²) >= 11 is 6.41. The fourth-order valence-electron chi connectivity index (χ4n) is 4.91. The number of amides is 2. The van der Waals surface area contributed by atoms with Crippen LogP contribution in [0, 0.1) is 0 Å². The number of nitrogens with zero attached hydrogens (tertiary/aromatic N) is 5. The highest BCUT2D eigenvalue weighted by atomic mass is 35.5. The van der Waals surface area contributed by atoms with Gasteiger partial charge in [0, 0.05) is 50.1 Å². The summed E-state index contributed by atoms with van der Waals surface area (Å²) < 4.78 is 1.63. The van der Waals surface area contributed by atoms with Crippen molar-refractivity contribution in [1.82, 2.24) is 30.0 Å². The first-order valence-electron chi connectivity index (χ1n) is 12.4. The van der Waals surface area contributed by atoms with Crippen LogP contribution >= 0.6 is 11.6 Å². The van der Waals surface area contributed by atoms with E-state index < -0.39 is 0 Å². The minimum absolute atomic E-state index is 0.0728. The molecular formula is C28H29ClN6O2. The van der Waals surface area contributed by atoms with E-state index in [1.54, 1.807) is 36.3 Å². The predicted molar refractivity (Wildman–Crippen MR) is 143 cm³/mol. The summed E-state index contributed by atoms with van der Waals surface area (Å²) in [7, 11) is 1.79. The van der Waals surface area contributed by atoms with Crippen LogP contribution in [0.5, 0.6) is 0 Å². The number of nitrogens with one attached hydrogen (secondary N) is 1. The first kappa shape index (κ1) is 24.9. The van der Waals surface area contributed by atoms with Crippen molar-refractivity contribution >= 4 is 34.4 Å². The number of piperidine rings is 1. The lowest BCUT2D eigenvalue weighted by Crippen LogP contribution is -2.51. The number of fused-ring (bicyclic) bond motifs is 1. The van der Waals surface area contributed by atoms with Crippen molar-refractivity contribution < 1.29 is 9.59 Å². The molecule has 37 heavy (non-hydrogen) atoms. The average Bonchev–Trinajstić information content (AvgIpc) is 3.31. The molecule has 0 spiro atoms. The molecule has 1 aliphatic rings. The molecule has 8 nitrogen and oxygen atoms in total. The van der Waals surface area contributed by atoms with Crippen molar-refractivity contribution in [1.29, 1.82) is 0 Å². The highest BCUT2D eigenvalue weighted by Crippen LogP contribution is 2.30. The second-order valence-electron chi connectivity index (χ2n) is 9.75. The van der Waals surface area contributed by atoms with E-state index in [9.17, 15) is 9.59 Å². The van der Waals surface area contributed by atoms with E-state index in [-0.39, 0.29) is 29.7 Å². The van der Waals surface area contributed by atoms with Crippen molar-refractivity contribution in [2.24, 2.45) is 7.05 Å². The van der Waals surface area contributed by atoms with Gasteiger partial charge in [-0.3, -0.25) is 24.2 Å². The zero-order valence-electron chi connectivity index (χ0n) is 21.1. The van der Waals surface area contributed by atoms with Gasteiger partial charge in [0.25, 0.3) is 11.8 Å². The molecule has 5 rings (SSSR count). The topological polar surface area (TPSA) is 93.0 Å². The zero-order chi connectivity index (χ0) is 26.1. The van der Waals surface area contributed by atoms with Crippen LogP contribution in [-0.2, 0) is 7.05 Å². The Morgan fingerprint density at radius 1 is 1.08 bits per heavy atom. The van der Waals surface area contributed by atoms with Gasteiger partial charge in [0.05, 0.1) is 16.2 Å². The monoisotopic (exact) mass is 516 g/mol. The summed E-state index contributed by atoms with van der Waals surface area (Å²) in [6.07, 6.45) is 3.78. The van der Waals surface area contributed by atoms with Gasteiger partial charge in [0.1, 0.15) is 11.2 Å². The van der Waals surface area contributed by atoms with Gasteiger partial charge in [0.2, 0.25) is 0 Å². The first-order valence-corrected chi connectivity index (χ1v) is 12.8. The van der Waals surface area contributed by atoms with Crippen LogP contribution in [0.1, 0.15) is 64.2 Å². The van der Waals surface area contributed by atoms with Gasteiger partial charge < -0.3 is 10.2 Å². The number of likely N-dealkylation sites (tertiary alicyclic amines) is 1. The molecule has 2 atom stereocenters. The summed E-state index contributed by atoms with van der Waals surface area (Å²) in [6.45, 7) is 5.08. The van der Waals surface area contributed by atoms with Gasteiger partial charge in [-0.25, -0.2) is 0 Å². The third-order valence-corrected chi connectivity index (χ3v) is 7.23. The number of rotatable bonds is 5. The fourth-order valence-corrected chi connectivity index (χ4v) is 5.18. The molecule has 4 aromatic rings. The number of hydrogen-bond donors (Lipinski definition) is 1. The smallest absolute Gasteiger partial charge is 0.269 e. The second-order valence-corrected chi connectivity index (χ2v) is 10.2. The summed E-state index contributed by atoms with van der Waals surface area (Å²) in [5, 5.41) is 8.11. The molecule has 0 aliphatic carbocycles. The Labute approximate surface area is 220 Å². The van der Waals surface area contributed by atoms with Gasteiger partial charge in [-0.15, -0.1) is 0 Å². The Morgan fingerprint density at radius 2 is 1.84 bits per heavy atom. The molecule has 0 unspecified atom stereocenters. The summed E-state index contributed by atoms with van der Waals surface area (Å²) in [4.78, 5) is 37.2. The summed E-state index contributed by atoms with van der Waals surface area (Å²) in [6, 6.07) is 15.1. The number of carbonyl (C=O) groups is 2. The summed E-state index contributed by atoms with van der Waals surface area (Å²) in [5.74, 6) is -0.120. The number of aryl methyl sites for hydroxylation is 1. The van der Waals surface area contributed by atoms with Crippen molar-refractivity contribution in [3.63, 3.8) is 0 Å². The average molecular weight is 517 g/mol. The maximum Gasteiger partial charge on any atom is 0.269 e. The highest BCUT2D eigenvalue weighted by Gasteiger charge is 2.34. The molecule has 0 bridgehead atoms. The lowest BCUT2D eigenvalue weighted by Gasteiger charge is -2.39. The lowest BCUT2D eigenvalue weighted by atomic mass is 9.85. The van der Waals surface area contributed by atoms with E-state index in [4.69, 9.17) is 11.6 Å². The van der Waals surface area contributed by atoms with E-state index in [0.717, 1.165) is 11.3 Å². The molecule has 0 saturated carbocycles. The summed E-state index contributed by atoms with van der Waals surface area (Å²) in [5.41, 5.74) is 4.11. The molecular weight excluding hydrogens is 488 g/mol. The molecule has 3 heterocycles. The van der Waals surface area contributed by atoms with Gasteiger partial charge >= 0.3 is 0 Å². The fraction of sp³-hybridized carbons (Fsp3) is 0.321. The molecule has 9 heteroatoms. The van der Waals surface area contributed by atoms with Crippen LogP contribution in [0.25, 0.3) is 11.0 Å². The molecule has 2 aromatic carbocycles. The normalized spacial score (nSPS) is 17.8. The second kappa shape index (κ2) is 10.3. The molecule has 1 N–H and O–H groups in total. The van der Waals surface area contributed by atoms with E-state index in [0.29, 0.717) is 46.8 Å². The van der Waals surface area contributed by atoms with Crippen molar-refractivity contribution in [3.8, 4) is 0 Å². The van der Waals surface area contributed by atoms with Gasteiger partial charge in [-0.2, -0.15) is 5.10 Å². The van der Waals surface area contributed by atoms with Crippen LogP contribution < -0.4 is 5.32 Å². The first-order chi connectivity index (χ1) is 17.8. The standard InChI is InChI=1S/C28H29ClN6O2/c1-17(2)23-15-25(34(3)33-23)27(36)32-22-9-12-35(16-20(22)18-7-5-4-6-8-18)28(37)19-13-21(29)26-24(14-19)30-10-11-31-26/h4-8,10-11,13-15,17,20,22H,9,12,16H2,1-3H3,(H,32,36)/t20-,22-/m1/s1. The Hall–Kier alpha value is -3.78. The van der Waals surface area contributed by atoms with Crippen molar-refractivity contribution in [3.05, 3.63) is 88.5 Å². The van der Waals surface area contributed by atoms with E-state index in [1.165, 1.54) is 0 Å². The number of benzene rings is 2. The lowest BCUT2D eigenvalue weighted by molar-refractivity contribution is 0.0671. The van der Waals surface area contributed by atoms with Crippen LogP contribution in [0.3, 0.4) is 0 Å². The van der Waals surface area contributed by atoms with Crippen LogP contribution in [0.2, 0.25) is 5.02 Å². The number of hydrogen-bond acceptors (Lipinski definition) is 5. The van der Waals surface area contributed by atoms with E-state index >= 15 is 0 Å². The van der Waals surface area contributed by atoms with E-state index in [2.05, 4.69) is 34.2 Å². The van der Waals surface area contributed by atoms with Crippen molar-refractivity contribution in [2.45, 2.75) is 38.1 Å². The van der Waals surface area contributed by atoms with Gasteiger partial charge in [-0.1, -0.05) is 55.8 Å². The van der Waals surface area contributed by atoms with Crippen LogP contribution in [-0.4, -0.2) is 55.6 Å². The molecule has 1 saturated heterocycles. The minimum atomic E-state index is -0.160. The van der Waals surface area contributed by atoms with Gasteiger partial charge in [-0.05, 0) is 36.1 Å². The molecule has 2 amide bonds. The third kappa shape index (κ3) is 5.06. The quantitative estimate of drug-likeness (QED) is 0.419. The maximum absolute atomic E-state index is 13.6. The Morgan fingerprint density at radius 3 is 2.57 bits per heavy atom. The van der Waals surface area contributed by atoms with Crippen molar-refractivity contribution in [2.75, 3.05) is 13.1 Å². The predicted octanol–water partition coefficient (Wildman–Crippen LogP) is 4.57. The van der Waals surface area contributed by atoms with E-state index in [1.807, 2.05) is 41.3 Å². The molecule has 1 fully saturated rings. The SMILES string of the molecule is CC(C)c1cc(C(=O)N[C@@H]2CCN(C(=O)c3cc(Cl)c4nccnc4c3)C[C@@H]2c2ccccc2)n(C)n1. The van der Waals surface area contributed by atoms with Gasteiger partial charge in [0.15, 0.2) is 0 Å².